The van der Waals surface area contributed by atoms with E-state index in [9.17, 15) is 9.50 Å². The van der Waals surface area contributed by atoms with Crippen LogP contribution in [-0.4, -0.2) is 11.1 Å². The number of nitrogens with zero attached hydrogens (tertiary/aromatic N) is 1. The van der Waals surface area contributed by atoms with E-state index < -0.39 is 6.10 Å². The fourth-order valence-corrected chi connectivity index (χ4v) is 3.16. The number of halogens is 1. The van der Waals surface area contributed by atoms with Crippen molar-refractivity contribution in [1.29, 1.82) is 0 Å². The van der Waals surface area contributed by atoms with Crippen molar-refractivity contribution in [3.63, 3.8) is 0 Å². The summed E-state index contributed by atoms with van der Waals surface area (Å²) in [4.78, 5) is 2.30. The minimum atomic E-state index is -0.663. The van der Waals surface area contributed by atoms with Crippen LogP contribution in [0.15, 0.2) is 35.0 Å². The molecular weight excluding hydrogens is 273 g/mol. The molecule has 3 rings (SSSR count). The predicted octanol–water partition coefficient (Wildman–Crippen LogP) is 4.11. The lowest BCUT2D eigenvalue weighted by atomic mass is 10.1. The van der Waals surface area contributed by atoms with Crippen LogP contribution in [0.25, 0.3) is 0 Å². The topological polar surface area (TPSA) is 23.5 Å². The summed E-state index contributed by atoms with van der Waals surface area (Å²) in [5.74, 6) is -0.295. The largest absolute Gasteiger partial charge is 0.389 e. The van der Waals surface area contributed by atoms with Crippen molar-refractivity contribution < 1.29 is 9.50 Å². The molecule has 4 heteroatoms. The van der Waals surface area contributed by atoms with E-state index in [4.69, 9.17) is 0 Å². The Hall–Kier alpha value is -1.39. The van der Waals surface area contributed by atoms with Crippen LogP contribution >= 0.6 is 11.3 Å². The summed E-state index contributed by atoms with van der Waals surface area (Å²) in [5, 5.41) is 14.1. The second kappa shape index (κ2) is 5.54. The van der Waals surface area contributed by atoms with Crippen LogP contribution in [0.1, 0.15) is 37.0 Å². The van der Waals surface area contributed by atoms with E-state index in [0.717, 1.165) is 12.2 Å². The Morgan fingerprint density at radius 3 is 2.80 bits per heavy atom. The third-order valence-corrected chi connectivity index (χ3v) is 4.40. The van der Waals surface area contributed by atoms with Crippen molar-refractivity contribution >= 4 is 17.0 Å². The zero-order chi connectivity index (χ0) is 14.1. The maximum atomic E-state index is 13.4. The average molecular weight is 291 g/mol. The fraction of sp³-hybridized carbons (Fsp3) is 0.375. The summed E-state index contributed by atoms with van der Waals surface area (Å²) in [5.41, 5.74) is 2.89. The number of rotatable bonds is 5. The highest BCUT2D eigenvalue weighted by Crippen LogP contribution is 2.37. The Balaban J connectivity index is 1.95. The lowest BCUT2D eigenvalue weighted by Gasteiger charge is -2.28. The molecule has 1 saturated carbocycles. The Labute approximate surface area is 122 Å². The van der Waals surface area contributed by atoms with E-state index in [0.29, 0.717) is 11.6 Å². The van der Waals surface area contributed by atoms with Gasteiger partial charge in [0.2, 0.25) is 0 Å². The molecule has 1 fully saturated rings. The molecule has 2 nitrogen and oxygen atoms in total. The van der Waals surface area contributed by atoms with Crippen LogP contribution in [0.4, 0.5) is 10.1 Å². The minimum Gasteiger partial charge on any atom is -0.389 e. The second-order valence-electron chi connectivity index (χ2n) is 5.37. The van der Waals surface area contributed by atoms with Crippen molar-refractivity contribution in [3.8, 4) is 0 Å². The predicted molar refractivity (Wildman–Crippen MR) is 80.6 cm³/mol. The first-order valence-electron chi connectivity index (χ1n) is 6.90. The van der Waals surface area contributed by atoms with Gasteiger partial charge in [0.15, 0.2) is 0 Å². The van der Waals surface area contributed by atoms with Gasteiger partial charge in [-0.25, -0.2) is 4.39 Å². The lowest BCUT2D eigenvalue weighted by Crippen LogP contribution is -2.26. The summed E-state index contributed by atoms with van der Waals surface area (Å²) in [6.45, 7) is 2.51. The summed E-state index contributed by atoms with van der Waals surface area (Å²) in [6, 6.07) is 7.35. The first-order chi connectivity index (χ1) is 9.65. The van der Waals surface area contributed by atoms with Gasteiger partial charge in [0, 0.05) is 23.8 Å². The van der Waals surface area contributed by atoms with Gasteiger partial charge < -0.3 is 10.0 Å². The highest BCUT2D eigenvalue weighted by molar-refractivity contribution is 7.07. The summed E-state index contributed by atoms with van der Waals surface area (Å²) in [6.07, 6.45) is 1.67. The van der Waals surface area contributed by atoms with Gasteiger partial charge in [0.1, 0.15) is 5.82 Å². The number of hydrogen-bond acceptors (Lipinski definition) is 3. The smallest absolute Gasteiger partial charge is 0.123 e. The van der Waals surface area contributed by atoms with Crippen molar-refractivity contribution in [2.75, 3.05) is 4.90 Å². The summed E-state index contributed by atoms with van der Waals surface area (Å²) < 4.78 is 13.4. The van der Waals surface area contributed by atoms with Gasteiger partial charge in [0.05, 0.1) is 6.10 Å². The molecule has 106 valence electrons. The third kappa shape index (κ3) is 2.86. The number of benzene rings is 1. The van der Waals surface area contributed by atoms with Gasteiger partial charge in [0.25, 0.3) is 0 Å². The van der Waals surface area contributed by atoms with Crippen LogP contribution in [-0.2, 0) is 6.54 Å². The average Bonchev–Trinajstić information content (AvgIpc) is 3.13. The fourth-order valence-electron chi connectivity index (χ4n) is 2.50. The zero-order valence-corrected chi connectivity index (χ0v) is 12.2. The first kappa shape index (κ1) is 13.6. The van der Waals surface area contributed by atoms with E-state index in [-0.39, 0.29) is 5.82 Å². The van der Waals surface area contributed by atoms with Gasteiger partial charge in [-0.15, -0.1) is 0 Å². The SMILES string of the molecule is C[C@H](O)c1cc(F)ccc1N(Cc1ccsc1)C1CC1. The molecule has 0 radical (unpaired) electrons. The standard InChI is InChI=1S/C16H18FNOS/c1-11(19)15-8-13(17)2-5-16(15)18(14-3-4-14)9-12-6-7-20-10-12/h2,5-8,10-11,14,19H,3-4,9H2,1H3/t11-/m0/s1. The van der Waals surface area contributed by atoms with Crippen LogP contribution in [0.5, 0.6) is 0 Å². The highest BCUT2D eigenvalue weighted by atomic mass is 32.1. The monoisotopic (exact) mass is 291 g/mol. The van der Waals surface area contributed by atoms with E-state index in [1.165, 1.54) is 30.5 Å². The molecule has 0 amide bonds. The van der Waals surface area contributed by atoms with Crippen molar-refractivity contribution in [2.45, 2.75) is 38.5 Å². The van der Waals surface area contributed by atoms with Crippen molar-refractivity contribution in [2.24, 2.45) is 0 Å². The Morgan fingerprint density at radius 1 is 1.40 bits per heavy atom. The maximum absolute atomic E-state index is 13.4. The normalized spacial score (nSPS) is 16.1. The molecule has 1 aromatic heterocycles. The lowest BCUT2D eigenvalue weighted by molar-refractivity contribution is 0.199. The zero-order valence-electron chi connectivity index (χ0n) is 11.4. The molecule has 2 aromatic rings. The maximum Gasteiger partial charge on any atom is 0.123 e. The van der Waals surface area contributed by atoms with Gasteiger partial charge in [-0.1, -0.05) is 0 Å². The number of thiophene rings is 1. The Bertz CT molecular complexity index is 578. The summed E-state index contributed by atoms with van der Waals surface area (Å²) in [7, 11) is 0. The first-order valence-corrected chi connectivity index (χ1v) is 7.84. The van der Waals surface area contributed by atoms with Gasteiger partial charge >= 0.3 is 0 Å². The van der Waals surface area contributed by atoms with Gasteiger partial charge in [-0.05, 0) is 60.4 Å². The molecule has 1 heterocycles. The molecule has 0 unspecified atom stereocenters. The Kier molecular flexibility index (Phi) is 3.76. The van der Waals surface area contributed by atoms with E-state index >= 15 is 0 Å². The van der Waals surface area contributed by atoms with Crippen molar-refractivity contribution in [1.82, 2.24) is 0 Å². The third-order valence-electron chi connectivity index (χ3n) is 3.67. The quantitative estimate of drug-likeness (QED) is 0.896. The molecule has 0 saturated heterocycles. The van der Waals surface area contributed by atoms with E-state index in [1.54, 1.807) is 24.3 Å². The molecule has 20 heavy (non-hydrogen) atoms. The number of hydrogen-bond donors (Lipinski definition) is 1. The summed E-state index contributed by atoms with van der Waals surface area (Å²) >= 11 is 1.69. The van der Waals surface area contributed by atoms with Crippen LogP contribution in [0.2, 0.25) is 0 Å². The van der Waals surface area contributed by atoms with Crippen molar-refractivity contribution in [3.05, 3.63) is 52.0 Å². The van der Waals surface area contributed by atoms with Gasteiger partial charge in [-0.2, -0.15) is 11.3 Å². The Morgan fingerprint density at radius 2 is 2.20 bits per heavy atom. The van der Waals surface area contributed by atoms with Crippen LogP contribution < -0.4 is 4.90 Å². The highest BCUT2D eigenvalue weighted by Gasteiger charge is 2.31. The molecule has 1 aromatic carbocycles. The molecule has 1 aliphatic rings. The van der Waals surface area contributed by atoms with E-state index in [1.807, 2.05) is 0 Å². The molecule has 1 N–H and O–H groups in total. The molecule has 0 bridgehead atoms. The minimum absolute atomic E-state index is 0.295. The van der Waals surface area contributed by atoms with Gasteiger partial charge in [-0.3, -0.25) is 0 Å². The molecular formula is C16H18FNOS. The molecule has 0 spiro atoms. The number of aliphatic hydroxyl groups is 1. The number of aliphatic hydroxyl groups excluding tert-OH is 1. The molecule has 0 aliphatic heterocycles. The second-order valence-corrected chi connectivity index (χ2v) is 6.15. The molecule has 1 atom stereocenters. The van der Waals surface area contributed by atoms with Crippen LogP contribution in [0.3, 0.4) is 0 Å². The van der Waals surface area contributed by atoms with E-state index in [2.05, 4.69) is 21.7 Å². The molecule has 1 aliphatic carbocycles. The van der Waals surface area contributed by atoms with Crippen LogP contribution in [0, 0.1) is 5.82 Å². The number of anilines is 1.